The summed E-state index contributed by atoms with van der Waals surface area (Å²) in [7, 11) is -2.30. The molecule has 2 aromatic carbocycles. The van der Waals surface area contributed by atoms with Crippen LogP contribution < -0.4 is 0 Å². The van der Waals surface area contributed by atoms with Gasteiger partial charge in [-0.05, 0) is 42.1 Å². The molecule has 2 bridgehead atoms. The SMILES string of the molecule is CC(=O)O[C@H]1C[C@@H](CCOCOCc2ccccc2)O[C@]2(C1)C[C@@]1(O[Si](C)(C)C(C)(C)C)C[C@H](C[C@@H](CCOCOCc3ccccc3)O1)O2. The highest BCUT2D eigenvalue weighted by molar-refractivity contribution is 6.74. The van der Waals surface area contributed by atoms with Crippen molar-refractivity contribution >= 4 is 14.3 Å². The van der Waals surface area contributed by atoms with E-state index in [1.165, 1.54) is 6.92 Å². The van der Waals surface area contributed by atoms with Crippen molar-refractivity contribution in [3.63, 3.8) is 0 Å². The minimum atomic E-state index is -2.30. The van der Waals surface area contributed by atoms with Crippen LogP contribution in [-0.2, 0) is 60.3 Å². The van der Waals surface area contributed by atoms with E-state index in [2.05, 4.69) is 33.9 Å². The van der Waals surface area contributed by atoms with Gasteiger partial charge < -0.3 is 42.3 Å². The van der Waals surface area contributed by atoms with Gasteiger partial charge in [-0.1, -0.05) is 81.4 Å². The third kappa shape index (κ3) is 11.4. The summed E-state index contributed by atoms with van der Waals surface area (Å²) >= 11 is 0. The molecule has 0 radical (unpaired) electrons. The van der Waals surface area contributed by atoms with Gasteiger partial charge in [0.15, 0.2) is 19.9 Å². The molecule has 1 spiro atoms. The van der Waals surface area contributed by atoms with Crippen LogP contribution in [0, 0.1) is 0 Å². The van der Waals surface area contributed by atoms with Crippen molar-refractivity contribution in [1.29, 1.82) is 0 Å². The maximum absolute atomic E-state index is 12.2. The molecule has 10 nitrogen and oxygen atoms in total. The van der Waals surface area contributed by atoms with E-state index < -0.39 is 19.9 Å². The molecule has 0 saturated carbocycles. The molecule has 3 saturated heterocycles. The van der Waals surface area contributed by atoms with Gasteiger partial charge in [0, 0.05) is 32.6 Å². The van der Waals surface area contributed by atoms with Crippen molar-refractivity contribution in [2.75, 3.05) is 26.8 Å². The van der Waals surface area contributed by atoms with Crippen molar-refractivity contribution in [2.45, 2.75) is 140 Å². The summed E-state index contributed by atoms with van der Waals surface area (Å²) in [5, 5.41) is -0.0334. The first-order chi connectivity index (χ1) is 23.8. The van der Waals surface area contributed by atoms with Gasteiger partial charge in [0.05, 0.1) is 51.2 Å². The lowest BCUT2D eigenvalue weighted by Crippen LogP contribution is -2.66. The lowest BCUT2D eigenvalue weighted by molar-refractivity contribution is -0.407. The van der Waals surface area contributed by atoms with E-state index in [1.54, 1.807) is 0 Å². The standard InChI is InChI=1S/C39H58O10Si/c1-30(40)45-35-21-33(17-19-41-28-43-25-31-13-9-7-10-14-31)46-38(23-35)27-39(49-50(5,6)37(2,3)4)24-36(48-38)22-34(47-39)18-20-42-29-44-26-32-15-11-8-12-16-32/h7-16,33-36H,17-29H2,1-6H3/t33-,34-,35+,36+,38+,39+/m1/s1. The number of hydrogen-bond donors (Lipinski definition) is 0. The number of hydrogen-bond acceptors (Lipinski definition) is 10. The normalized spacial score (nSPS) is 28.4. The maximum atomic E-state index is 12.2. The number of carbonyl (C=O) groups is 1. The smallest absolute Gasteiger partial charge is 0.302 e. The van der Waals surface area contributed by atoms with Crippen LogP contribution in [0.25, 0.3) is 0 Å². The molecule has 6 atom stereocenters. The van der Waals surface area contributed by atoms with Crippen molar-refractivity contribution in [1.82, 2.24) is 0 Å². The Labute approximate surface area is 299 Å². The van der Waals surface area contributed by atoms with Crippen molar-refractivity contribution in [2.24, 2.45) is 0 Å². The van der Waals surface area contributed by atoms with Crippen molar-refractivity contribution in [3.05, 3.63) is 71.8 Å². The van der Waals surface area contributed by atoms with E-state index in [9.17, 15) is 4.79 Å². The first kappa shape index (κ1) is 39.0. The topological polar surface area (TPSA) is 100 Å². The molecule has 0 aromatic heterocycles. The molecule has 0 N–H and O–H groups in total. The van der Waals surface area contributed by atoms with Crippen LogP contribution in [0.15, 0.2) is 60.7 Å². The summed E-state index contributed by atoms with van der Waals surface area (Å²) in [4.78, 5) is 12.2. The predicted octanol–water partition coefficient (Wildman–Crippen LogP) is 7.64. The monoisotopic (exact) mass is 714 g/mol. The van der Waals surface area contributed by atoms with Crippen LogP contribution in [-0.4, -0.2) is 77.1 Å². The molecule has 3 heterocycles. The second-order valence-corrected chi connectivity index (χ2v) is 20.2. The summed E-state index contributed by atoms with van der Waals surface area (Å²) in [5.74, 6) is -2.24. The number of ether oxygens (including phenoxy) is 8. The molecule has 3 aliphatic heterocycles. The number of esters is 1. The number of benzene rings is 2. The van der Waals surface area contributed by atoms with E-state index >= 15 is 0 Å². The Hall–Kier alpha value is -2.19. The average molecular weight is 715 g/mol. The molecule has 278 valence electrons. The Morgan fingerprint density at radius 1 is 0.780 bits per heavy atom. The lowest BCUT2D eigenvalue weighted by atomic mass is 9.84. The number of fused-ring (bicyclic) bond motifs is 2. The molecule has 50 heavy (non-hydrogen) atoms. The van der Waals surface area contributed by atoms with E-state index in [0.29, 0.717) is 71.4 Å². The van der Waals surface area contributed by atoms with Crippen LogP contribution in [0.2, 0.25) is 18.1 Å². The Morgan fingerprint density at radius 2 is 1.34 bits per heavy atom. The quantitative estimate of drug-likeness (QED) is 0.0704. The zero-order valence-corrected chi connectivity index (χ0v) is 31.9. The van der Waals surface area contributed by atoms with E-state index in [4.69, 9.17) is 42.3 Å². The van der Waals surface area contributed by atoms with Gasteiger partial charge in [0.1, 0.15) is 19.7 Å². The Balaban J connectivity index is 1.21. The highest BCUT2D eigenvalue weighted by atomic mass is 28.4. The molecule has 3 fully saturated rings. The molecule has 0 unspecified atom stereocenters. The van der Waals surface area contributed by atoms with Gasteiger partial charge in [0.2, 0.25) is 0 Å². The fraction of sp³-hybridized carbons (Fsp3) is 0.667. The molecular formula is C39H58O10Si. The van der Waals surface area contributed by atoms with Crippen LogP contribution in [0.1, 0.15) is 83.8 Å². The number of rotatable bonds is 17. The zero-order chi connectivity index (χ0) is 35.7. The molecule has 11 heteroatoms. The van der Waals surface area contributed by atoms with Crippen molar-refractivity contribution < 1.29 is 47.1 Å². The van der Waals surface area contributed by atoms with Crippen LogP contribution in [0.4, 0.5) is 0 Å². The van der Waals surface area contributed by atoms with Crippen LogP contribution >= 0.6 is 0 Å². The average Bonchev–Trinajstić information content (AvgIpc) is 3.03. The van der Waals surface area contributed by atoms with E-state index in [1.807, 2.05) is 60.7 Å². The second-order valence-electron chi connectivity index (χ2n) is 15.5. The minimum Gasteiger partial charge on any atom is -0.462 e. The zero-order valence-electron chi connectivity index (χ0n) is 30.9. The third-order valence-electron chi connectivity index (χ3n) is 10.1. The summed E-state index contributed by atoms with van der Waals surface area (Å²) in [6.07, 6.45) is 3.09. The van der Waals surface area contributed by atoms with Crippen LogP contribution in [0.3, 0.4) is 0 Å². The molecule has 2 aromatic rings. The maximum Gasteiger partial charge on any atom is 0.302 e. The second kappa shape index (κ2) is 17.6. The van der Waals surface area contributed by atoms with Crippen LogP contribution in [0.5, 0.6) is 0 Å². The fourth-order valence-electron chi connectivity index (χ4n) is 6.93. The molecular weight excluding hydrogens is 657 g/mol. The summed E-state index contributed by atoms with van der Waals surface area (Å²) in [6, 6.07) is 20.1. The van der Waals surface area contributed by atoms with E-state index in [0.717, 1.165) is 11.1 Å². The Bertz CT molecular complexity index is 1320. The predicted molar refractivity (Wildman–Crippen MR) is 190 cm³/mol. The Morgan fingerprint density at radius 3 is 1.88 bits per heavy atom. The lowest BCUT2D eigenvalue weighted by Gasteiger charge is -2.59. The molecule has 0 amide bonds. The van der Waals surface area contributed by atoms with Gasteiger partial charge in [-0.25, -0.2) is 0 Å². The largest absolute Gasteiger partial charge is 0.462 e. The van der Waals surface area contributed by atoms with E-state index in [-0.39, 0.29) is 49.0 Å². The summed E-state index contributed by atoms with van der Waals surface area (Å²) in [6.45, 7) is 15.0. The summed E-state index contributed by atoms with van der Waals surface area (Å²) < 4.78 is 56.8. The summed E-state index contributed by atoms with van der Waals surface area (Å²) in [5.41, 5.74) is 2.20. The first-order valence-electron chi connectivity index (χ1n) is 18.1. The molecule has 5 rings (SSSR count). The van der Waals surface area contributed by atoms with Gasteiger partial charge >= 0.3 is 5.97 Å². The van der Waals surface area contributed by atoms with Gasteiger partial charge in [0.25, 0.3) is 0 Å². The highest BCUT2D eigenvalue weighted by Gasteiger charge is 2.60. The van der Waals surface area contributed by atoms with Gasteiger partial charge in [-0.3, -0.25) is 4.79 Å². The van der Waals surface area contributed by atoms with Gasteiger partial charge in [-0.15, -0.1) is 0 Å². The molecule has 3 aliphatic rings. The van der Waals surface area contributed by atoms with Crippen molar-refractivity contribution in [3.8, 4) is 0 Å². The minimum absolute atomic E-state index is 0.0334. The van der Waals surface area contributed by atoms with Gasteiger partial charge in [-0.2, -0.15) is 0 Å². The third-order valence-corrected chi connectivity index (χ3v) is 14.6. The Kier molecular flexibility index (Phi) is 13.7. The molecule has 0 aliphatic carbocycles. The first-order valence-corrected chi connectivity index (χ1v) is 21.0. The highest BCUT2D eigenvalue weighted by Crippen LogP contribution is 2.53. The fourth-order valence-corrected chi connectivity index (χ4v) is 8.37. The number of carbonyl (C=O) groups excluding carboxylic acids is 1.